The molecule has 0 saturated carbocycles. The largest absolute Gasteiger partial charge is 0.306 e. The van der Waals surface area contributed by atoms with Crippen LogP contribution in [0, 0.1) is 18.3 Å². The highest BCUT2D eigenvalue weighted by molar-refractivity contribution is 8.06. The minimum atomic E-state index is 0.303. The molecule has 2 aromatic carbocycles. The molecule has 5 heteroatoms. The van der Waals surface area contributed by atoms with Gasteiger partial charge < -0.3 is 4.90 Å². The molecule has 2 aromatic rings. The summed E-state index contributed by atoms with van der Waals surface area (Å²) in [5.74, 6) is 0. The van der Waals surface area contributed by atoms with Crippen molar-refractivity contribution in [2.45, 2.75) is 13.8 Å². The number of thioether (sulfide) groups is 1. The third kappa shape index (κ3) is 3.39. The summed E-state index contributed by atoms with van der Waals surface area (Å²) in [6, 6.07) is 19.8. The second-order valence-corrected chi connectivity index (χ2v) is 6.21. The van der Waals surface area contributed by atoms with Gasteiger partial charge in [-0.1, -0.05) is 47.7 Å². The normalized spacial score (nSPS) is 16.2. The molecular formula is C19H16N4S. The summed E-state index contributed by atoms with van der Waals surface area (Å²) in [5, 5.41) is 20.7. The zero-order chi connectivity index (χ0) is 16.9. The molecule has 0 fully saturated rings. The number of hydrogen-bond acceptors (Lipinski definition) is 5. The first-order valence-corrected chi connectivity index (χ1v) is 8.38. The van der Waals surface area contributed by atoms with E-state index in [0.29, 0.717) is 5.70 Å². The average molecular weight is 332 g/mol. The van der Waals surface area contributed by atoms with Crippen molar-refractivity contribution in [2.24, 2.45) is 10.2 Å². The molecule has 0 aliphatic carbocycles. The van der Waals surface area contributed by atoms with Gasteiger partial charge in [0, 0.05) is 11.4 Å². The maximum atomic E-state index is 9.53. The fraction of sp³-hybridized carbons (Fsp3) is 0.105. The van der Waals surface area contributed by atoms with Crippen molar-refractivity contribution in [2.75, 3.05) is 4.90 Å². The first-order valence-electron chi connectivity index (χ1n) is 7.50. The number of azo groups is 1. The van der Waals surface area contributed by atoms with Gasteiger partial charge in [-0.05, 0) is 43.5 Å². The van der Waals surface area contributed by atoms with E-state index in [4.69, 9.17) is 0 Å². The average Bonchev–Trinajstić information content (AvgIpc) is 2.99. The number of para-hydroxylation sites is 1. The van der Waals surface area contributed by atoms with Crippen molar-refractivity contribution in [3.05, 3.63) is 82.0 Å². The zero-order valence-corrected chi connectivity index (χ0v) is 14.3. The molecule has 1 aliphatic rings. The van der Waals surface area contributed by atoms with Gasteiger partial charge in [0.15, 0.2) is 5.70 Å². The standard InChI is InChI=1S/C19H16N4S/c1-14-8-10-16(11-9-14)21-22-18(12-20)19-23(15(2)13-24-19)17-6-4-3-5-7-17/h3-11,13H,1-2H3/b19-18-,22-21?. The Kier molecular flexibility index (Phi) is 4.78. The number of hydrogen-bond donors (Lipinski definition) is 0. The lowest BCUT2D eigenvalue weighted by atomic mass is 10.2. The molecule has 118 valence electrons. The highest BCUT2D eigenvalue weighted by Gasteiger charge is 2.24. The van der Waals surface area contributed by atoms with E-state index >= 15 is 0 Å². The van der Waals surface area contributed by atoms with Gasteiger partial charge in [-0.15, -0.1) is 10.2 Å². The Labute approximate surface area is 145 Å². The number of benzene rings is 2. The molecule has 0 amide bonds. The second-order valence-electron chi connectivity index (χ2n) is 5.35. The van der Waals surface area contributed by atoms with Gasteiger partial charge in [-0.25, -0.2) is 0 Å². The summed E-state index contributed by atoms with van der Waals surface area (Å²) >= 11 is 1.49. The molecule has 4 nitrogen and oxygen atoms in total. The molecule has 0 aromatic heterocycles. The number of aryl methyl sites for hydroxylation is 1. The number of allylic oxidation sites excluding steroid dienone is 2. The van der Waals surface area contributed by atoms with Crippen LogP contribution in [0.15, 0.2) is 86.7 Å². The first-order chi connectivity index (χ1) is 11.7. The van der Waals surface area contributed by atoms with Gasteiger partial charge in [-0.2, -0.15) is 5.26 Å². The Morgan fingerprint density at radius 1 is 1.04 bits per heavy atom. The van der Waals surface area contributed by atoms with E-state index in [2.05, 4.69) is 16.3 Å². The monoisotopic (exact) mass is 332 g/mol. The fourth-order valence-corrected chi connectivity index (χ4v) is 3.24. The first kappa shape index (κ1) is 16.0. The van der Waals surface area contributed by atoms with Crippen LogP contribution < -0.4 is 4.90 Å². The van der Waals surface area contributed by atoms with E-state index < -0.39 is 0 Å². The maximum Gasteiger partial charge on any atom is 0.193 e. The lowest BCUT2D eigenvalue weighted by molar-refractivity contribution is 1.09. The molecular weight excluding hydrogens is 316 g/mol. The molecule has 0 saturated heterocycles. The third-order valence-electron chi connectivity index (χ3n) is 3.52. The van der Waals surface area contributed by atoms with Crippen molar-refractivity contribution in [1.29, 1.82) is 5.26 Å². The van der Waals surface area contributed by atoms with E-state index in [-0.39, 0.29) is 0 Å². The van der Waals surface area contributed by atoms with E-state index in [1.807, 2.05) is 78.8 Å². The number of rotatable bonds is 3. The lowest BCUT2D eigenvalue weighted by Crippen LogP contribution is -2.15. The van der Waals surface area contributed by atoms with Crippen molar-refractivity contribution < 1.29 is 0 Å². The van der Waals surface area contributed by atoms with Crippen molar-refractivity contribution >= 4 is 23.1 Å². The molecule has 0 atom stereocenters. The number of anilines is 1. The summed E-state index contributed by atoms with van der Waals surface area (Å²) in [6.07, 6.45) is 0. The van der Waals surface area contributed by atoms with Crippen LogP contribution >= 0.6 is 11.8 Å². The SMILES string of the molecule is CC1=CS/C(=C(/C#N)N=Nc2ccc(C)cc2)N1c1ccccc1. The summed E-state index contributed by atoms with van der Waals surface area (Å²) in [4.78, 5) is 2.03. The molecule has 1 aliphatic heterocycles. The molecule has 0 bridgehead atoms. The molecule has 0 N–H and O–H groups in total. The predicted molar refractivity (Wildman–Crippen MR) is 98.6 cm³/mol. The molecule has 0 unspecified atom stereocenters. The second kappa shape index (κ2) is 7.16. The molecule has 1 heterocycles. The Hall–Kier alpha value is -2.84. The lowest BCUT2D eigenvalue weighted by Gasteiger charge is -2.21. The Bertz CT molecular complexity index is 858. The van der Waals surface area contributed by atoms with Gasteiger partial charge in [0.05, 0.1) is 5.69 Å². The molecule has 0 radical (unpaired) electrons. The Balaban J connectivity index is 1.95. The quantitative estimate of drug-likeness (QED) is 0.520. The maximum absolute atomic E-state index is 9.53. The summed E-state index contributed by atoms with van der Waals surface area (Å²) in [5.41, 5.74) is 4.25. The smallest absolute Gasteiger partial charge is 0.193 e. The number of nitrogens with zero attached hydrogens (tertiary/aromatic N) is 4. The van der Waals surface area contributed by atoms with Gasteiger partial charge in [0.25, 0.3) is 0 Å². The van der Waals surface area contributed by atoms with Gasteiger partial charge in [0.1, 0.15) is 11.1 Å². The van der Waals surface area contributed by atoms with Crippen LogP contribution in [0.5, 0.6) is 0 Å². The van der Waals surface area contributed by atoms with Crippen molar-refractivity contribution in [3.63, 3.8) is 0 Å². The van der Waals surface area contributed by atoms with Crippen LogP contribution in [0.25, 0.3) is 0 Å². The van der Waals surface area contributed by atoms with Crippen LogP contribution in [0.2, 0.25) is 0 Å². The topological polar surface area (TPSA) is 51.8 Å². The van der Waals surface area contributed by atoms with Crippen LogP contribution in [0.4, 0.5) is 11.4 Å². The van der Waals surface area contributed by atoms with E-state index in [1.54, 1.807) is 0 Å². The predicted octanol–water partition coefficient (Wildman–Crippen LogP) is 5.89. The molecule has 0 spiro atoms. The Morgan fingerprint density at radius 3 is 2.42 bits per heavy atom. The summed E-state index contributed by atoms with van der Waals surface area (Å²) in [6.45, 7) is 4.03. The minimum Gasteiger partial charge on any atom is -0.306 e. The highest BCUT2D eigenvalue weighted by atomic mass is 32.2. The summed E-state index contributed by atoms with van der Waals surface area (Å²) in [7, 11) is 0. The van der Waals surface area contributed by atoms with E-state index in [9.17, 15) is 5.26 Å². The number of nitriles is 1. The van der Waals surface area contributed by atoms with Crippen LogP contribution in [-0.2, 0) is 0 Å². The van der Waals surface area contributed by atoms with Crippen LogP contribution in [0.1, 0.15) is 12.5 Å². The summed E-state index contributed by atoms with van der Waals surface area (Å²) < 4.78 is 0. The molecule has 3 rings (SSSR count). The van der Waals surface area contributed by atoms with Gasteiger partial charge in [0.2, 0.25) is 0 Å². The third-order valence-corrected chi connectivity index (χ3v) is 4.58. The zero-order valence-electron chi connectivity index (χ0n) is 13.5. The fourth-order valence-electron chi connectivity index (χ4n) is 2.30. The van der Waals surface area contributed by atoms with Crippen LogP contribution in [0.3, 0.4) is 0 Å². The minimum absolute atomic E-state index is 0.303. The Morgan fingerprint density at radius 2 is 1.75 bits per heavy atom. The van der Waals surface area contributed by atoms with E-state index in [1.165, 1.54) is 11.8 Å². The highest BCUT2D eigenvalue weighted by Crippen LogP contribution is 2.40. The van der Waals surface area contributed by atoms with Crippen molar-refractivity contribution in [3.8, 4) is 6.07 Å². The molecule has 24 heavy (non-hydrogen) atoms. The van der Waals surface area contributed by atoms with E-state index in [0.717, 1.165) is 27.7 Å². The van der Waals surface area contributed by atoms with Crippen LogP contribution in [-0.4, -0.2) is 0 Å². The van der Waals surface area contributed by atoms with Crippen molar-refractivity contribution in [1.82, 2.24) is 0 Å². The van der Waals surface area contributed by atoms with Gasteiger partial charge in [-0.3, -0.25) is 0 Å². The van der Waals surface area contributed by atoms with Gasteiger partial charge >= 0.3 is 0 Å².